The van der Waals surface area contributed by atoms with E-state index >= 15 is 0 Å². The second-order valence-corrected chi connectivity index (χ2v) is 30.2. The van der Waals surface area contributed by atoms with Crippen LogP contribution in [0.5, 0.6) is 11.6 Å². The Morgan fingerprint density at radius 1 is 0.579 bits per heavy atom. The number of benzene rings is 5. The summed E-state index contributed by atoms with van der Waals surface area (Å²) in [6.07, 6.45) is -0.558. The number of rotatable bonds is 28. The van der Waals surface area contributed by atoms with E-state index in [1.807, 2.05) is 6.07 Å². The molecule has 0 fully saturated rings. The third-order valence-corrected chi connectivity index (χ3v) is 19.6. The zero-order valence-corrected chi connectivity index (χ0v) is 56.2. The van der Waals surface area contributed by atoms with Gasteiger partial charge in [-0.3, -0.25) is 41.5 Å². The summed E-state index contributed by atoms with van der Waals surface area (Å²) in [5.41, 5.74) is -1.83. The second kappa shape index (κ2) is 30.5. The minimum absolute atomic E-state index is 0.00842. The first kappa shape index (κ1) is 73.9. The molecular weight excluding hydrogens is 1410 g/mol. The maximum atomic E-state index is 12.9. The lowest BCUT2D eigenvalue weighted by Gasteiger charge is -2.14. The monoisotopic (exact) mass is 1460 g/mol. The fourth-order valence-corrected chi connectivity index (χ4v) is 14.1. The Labute approximate surface area is 554 Å². The third-order valence-electron chi connectivity index (χ3n) is 12.6. The summed E-state index contributed by atoms with van der Waals surface area (Å²) in [7, 11) is -23.0. The number of nitriles is 1. The lowest BCUT2D eigenvalue weighted by molar-refractivity contribution is -0.115. The minimum Gasteiger partial charge on any atom is -0.493 e. The fraction of sp³-hybridized carbons (Fsp3) is 0.264. The van der Waals surface area contributed by atoms with E-state index in [-0.39, 0.29) is 147 Å². The third kappa shape index (κ3) is 20.3. The van der Waals surface area contributed by atoms with Crippen molar-refractivity contribution in [2.75, 3.05) is 51.3 Å². The SMILES string of the molecule is CC(=O)Nc1cc(N=Nc2cc(SCCCS(=O)(=O)O)c(N=Nc3cc(OCCCS(=O)(=O)O)c(N=Nc4c(C)c(C#N)c5nc6ccc(S(=O)(=O)O)c(C)c6n5c4O)cc3NC(C)=O)cc2NC(C)=O)c(SCCCS(=O)(=O)O)cc1N=Nc1ccc(Cl)c(S(=O)(=O)O)c1. The molecule has 5 aromatic carbocycles. The molecule has 0 unspecified atom stereocenters. The van der Waals surface area contributed by atoms with Gasteiger partial charge in [-0.15, -0.1) is 59.3 Å². The summed E-state index contributed by atoms with van der Waals surface area (Å²) in [6.45, 7) is 5.72. The molecule has 0 saturated carbocycles. The average molecular weight is 1470 g/mol. The number of amides is 3. The van der Waals surface area contributed by atoms with Crippen molar-refractivity contribution in [3.63, 3.8) is 0 Å². The van der Waals surface area contributed by atoms with Crippen molar-refractivity contribution in [3.8, 4) is 17.7 Å². The van der Waals surface area contributed by atoms with Crippen LogP contribution in [-0.2, 0) is 65.0 Å². The topological polar surface area (TPSA) is 529 Å². The Hall–Kier alpha value is -8.51. The second-order valence-electron chi connectivity index (χ2n) is 20.0. The van der Waals surface area contributed by atoms with Crippen LogP contribution in [0.15, 0.2) is 127 Å². The number of hydrogen-bond acceptors (Lipinski definition) is 27. The van der Waals surface area contributed by atoms with Crippen LogP contribution < -0.4 is 20.7 Å². The Bertz CT molecular complexity index is 5050. The van der Waals surface area contributed by atoms with Crippen molar-refractivity contribution in [3.05, 3.63) is 88.4 Å². The highest BCUT2D eigenvalue weighted by molar-refractivity contribution is 7.99. The highest BCUT2D eigenvalue weighted by Crippen LogP contribution is 2.47. The molecule has 0 aliphatic carbocycles. The largest absolute Gasteiger partial charge is 0.493 e. The number of imidazole rings is 1. The number of fused-ring (bicyclic) bond motifs is 3. The van der Waals surface area contributed by atoms with Crippen LogP contribution in [0.1, 0.15) is 56.7 Å². The summed E-state index contributed by atoms with van der Waals surface area (Å²) in [5.74, 6) is -5.08. The number of carbonyl (C=O) groups is 3. The van der Waals surface area contributed by atoms with Crippen LogP contribution in [0.2, 0.25) is 5.02 Å². The minimum atomic E-state index is -4.82. The molecule has 0 radical (unpaired) electrons. The molecule has 2 heterocycles. The molecule has 0 saturated heterocycles. The van der Waals surface area contributed by atoms with Crippen LogP contribution in [0, 0.1) is 25.2 Å². The van der Waals surface area contributed by atoms with E-state index < -0.39 is 108 Å². The molecule has 504 valence electrons. The highest BCUT2D eigenvalue weighted by Gasteiger charge is 2.26. The van der Waals surface area contributed by atoms with Crippen molar-refractivity contribution in [2.24, 2.45) is 40.9 Å². The van der Waals surface area contributed by atoms with Gasteiger partial charge in [-0.25, -0.2) is 4.98 Å². The number of halogens is 1. The molecule has 0 atom stereocenters. The summed E-state index contributed by atoms with van der Waals surface area (Å²) in [6, 6.07) is 15.3. The molecule has 0 spiro atoms. The normalized spacial score (nSPS) is 12.6. The molecular formula is C53H53ClN14O20S7. The van der Waals surface area contributed by atoms with Gasteiger partial charge in [0.15, 0.2) is 11.3 Å². The van der Waals surface area contributed by atoms with Gasteiger partial charge in [-0.05, 0) is 111 Å². The number of nitrogens with zero attached hydrogens (tertiary/aromatic N) is 11. The zero-order chi connectivity index (χ0) is 70.1. The van der Waals surface area contributed by atoms with Crippen molar-refractivity contribution in [1.29, 1.82) is 5.26 Å². The smallest absolute Gasteiger partial charge is 0.296 e. The number of thioether (sulfide) groups is 2. The van der Waals surface area contributed by atoms with Crippen LogP contribution >= 0.6 is 35.1 Å². The van der Waals surface area contributed by atoms with Gasteiger partial charge in [-0.2, -0.15) is 52.5 Å². The van der Waals surface area contributed by atoms with Crippen molar-refractivity contribution in [2.45, 2.75) is 73.5 Å². The standard InChI is InChI=1S/C53H53ClN14O20S7/c1-27-33(26-55)52-59-35-11-12-48(94(82,83)84)28(2)51(35)68(52)53(72)50(27)67-64-42-20-36(56-29(3)69)39(23-45(42)88-13-6-16-91(73,74)75)62-65-43-22-38(58-31(5)71)41(25-47(43)90-15-8-18-93(79,80)81)63-66-44-21-37(57-30(4)70)40(24-46(44)89-14-7-17-92(76,77)78)61-60-32-9-10-34(54)49(19-32)95(85,86)87/h9-12,19-25,72H,6-8,13-18H2,1-5H3,(H,56,69)(H,57,70)(H,58,71)(H,73,74,75)(H,76,77,78)(H,79,80,81)(H,82,83,84)(H,85,86,87). The maximum absolute atomic E-state index is 12.9. The first-order valence-electron chi connectivity index (χ1n) is 26.9. The number of ether oxygens (including phenoxy) is 1. The molecule has 3 amide bonds. The summed E-state index contributed by atoms with van der Waals surface area (Å²) >= 11 is 7.91. The summed E-state index contributed by atoms with van der Waals surface area (Å²) in [5, 5.41) is 64.1. The van der Waals surface area contributed by atoms with Gasteiger partial charge >= 0.3 is 0 Å². The molecule has 0 aliphatic rings. The Kier molecular flexibility index (Phi) is 23.7. The van der Waals surface area contributed by atoms with E-state index in [9.17, 15) is 89.6 Å². The number of carbonyl (C=O) groups excluding carboxylic acids is 3. The maximum Gasteiger partial charge on any atom is 0.296 e. The van der Waals surface area contributed by atoms with E-state index in [1.165, 1.54) is 62.4 Å². The first-order chi connectivity index (χ1) is 44.3. The van der Waals surface area contributed by atoms with E-state index in [2.05, 4.69) is 61.8 Å². The van der Waals surface area contributed by atoms with Gasteiger partial charge in [0.25, 0.3) is 50.6 Å². The van der Waals surface area contributed by atoms with Crippen LogP contribution in [0.4, 0.5) is 62.6 Å². The van der Waals surface area contributed by atoms with E-state index in [0.29, 0.717) is 0 Å². The Morgan fingerprint density at radius 3 is 1.51 bits per heavy atom. The number of nitrogens with one attached hydrogen (secondary N) is 3. The van der Waals surface area contributed by atoms with Crippen molar-refractivity contribution >= 4 is 183 Å². The lowest BCUT2D eigenvalue weighted by Crippen LogP contribution is -2.09. The van der Waals surface area contributed by atoms with Gasteiger partial charge in [-0.1, -0.05) is 11.6 Å². The Balaban J connectivity index is 1.39. The van der Waals surface area contributed by atoms with E-state index in [0.717, 1.165) is 66.9 Å². The number of aromatic hydroxyl groups is 1. The number of anilines is 3. The Morgan fingerprint density at radius 2 is 1.03 bits per heavy atom. The number of hydrogen-bond donors (Lipinski definition) is 9. The van der Waals surface area contributed by atoms with Crippen molar-refractivity contribution in [1.82, 2.24) is 9.38 Å². The van der Waals surface area contributed by atoms with Gasteiger partial charge in [0.05, 0.1) is 67.6 Å². The summed E-state index contributed by atoms with van der Waals surface area (Å²) in [4.78, 5) is 41.9. The van der Waals surface area contributed by atoms with Crippen LogP contribution in [-0.4, -0.2) is 132 Å². The van der Waals surface area contributed by atoms with Crippen molar-refractivity contribution < 1.29 is 89.1 Å². The first-order valence-corrected chi connectivity index (χ1v) is 37.0. The molecule has 7 rings (SSSR count). The van der Waals surface area contributed by atoms with Crippen LogP contribution in [0.3, 0.4) is 0 Å². The van der Waals surface area contributed by atoms with Crippen LogP contribution in [0.25, 0.3) is 16.7 Å². The number of pyridine rings is 1. The summed E-state index contributed by atoms with van der Waals surface area (Å²) < 4.78 is 174. The quantitative estimate of drug-likeness (QED) is 0.00952. The van der Waals surface area contributed by atoms with Gasteiger partial charge in [0, 0.05) is 42.2 Å². The molecule has 42 heteroatoms. The van der Waals surface area contributed by atoms with E-state index in [4.69, 9.17) is 16.3 Å². The molecule has 9 N–H and O–H groups in total. The van der Waals surface area contributed by atoms with Gasteiger partial charge in [0.2, 0.25) is 23.6 Å². The highest BCUT2D eigenvalue weighted by atomic mass is 35.5. The fourth-order valence-electron chi connectivity index (χ4n) is 8.60. The van der Waals surface area contributed by atoms with Gasteiger partial charge < -0.3 is 25.8 Å². The predicted octanol–water partition coefficient (Wildman–Crippen LogP) is 11.8. The molecule has 34 nitrogen and oxygen atoms in total. The molecule has 7 aromatic rings. The van der Waals surface area contributed by atoms with E-state index in [1.54, 1.807) is 0 Å². The molecule has 95 heavy (non-hydrogen) atoms. The molecule has 0 aliphatic heterocycles. The molecule has 2 aromatic heterocycles. The van der Waals surface area contributed by atoms with Gasteiger partial charge in [0.1, 0.15) is 56.4 Å². The number of aryl methyl sites for hydroxylation is 1. The average Bonchev–Trinajstić information content (AvgIpc) is 1.60. The lowest BCUT2D eigenvalue weighted by atomic mass is 10.1. The predicted molar refractivity (Wildman–Crippen MR) is 349 cm³/mol. The number of azo groups is 4. The zero-order valence-electron chi connectivity index (χ0n) is 49.8. The number of aromatic nitrogens is 2. The molecule has 0 bridgehead atoms.